The molecular weight excluding hydrogens is 701 g/mol. The number of nitrogens with zero attached hydrogens (tertiary/aromatic N) is 3. The maximum atomic E-state index is 16.2. The minimum atomic E-state index is -0.770. The number of non-ortho nitro benzene ring substituents is 1. The van der Waals surface area contributed by atoms with E-state index in [1.807, 2.05) is 95.5 Å². The van der Waals surface area contributed by atoms with Crippen LogP contribution in [0.25, 0.3) is 0 Å². The number of allylic oxidation sites excluding steroid dienone is 1. The van der Waals surface area contributed by atoms with Gasteiger partial charge >= 0.3 is 0 Å². The van der Waals surface area contributed by atoms with Crippen molar-refractivity contribution in [1.82, 2.24) is 4.90 Å². The summed E-state index contributed by atoms with van der Waals surface area (Å²) in [5, 5.41) is 11.2. The number of ketones is 2. The predicted molar refractivity (Wildman–Crippen MR) is 206 cm³/mol. The largest absolute Gasteiger partial charge is 0.485 e. The number of nitro groups is 1. The van der Waals surface area contributed by atoms with Gasteiger partial charge in [0.25, 0.3) is 5.69 Å². The first kappa shape index (κ1) is 39.0. The first-order valence-electron chi connectivity index (χ1n) is 18.6. The lowest BCUT2D eigenvalue weighted by atomic mass is 9.74. The molecule has 0 radical (unpaired) electrons. The van der Waals surface area contributed by atoms with Gasteiger partial charge in [0.1, 0.15) is 19.8 Å². The van der Waals surface area contributed by atoms with Gasteiger partial charge in [-0.15, -0.1) is 0 Å². The Kier molecular flexibility index (Phi) is 11.6. The summed E-state index contributed by atoms with van der Waals surface area (Å²) < 4.78 is 28.5. The molecule has 55 heavy (non-hydrogen) atoms. The first-order valence-corrected chi connectivity index (χ1v) is 18.6. The van der Waals surface area contributed by atoms with Gasteiger partial charge in [-0.2, -0.15) is 0 Å². The molecular formula is C44H47FN3O7+. The van der Waals surface area contributed by atoms with Gasteiger partial charge in [0.05, 0.1) is 48.8 Å². The number of ether oxygens (including phenoxy) is 2. The number of Topliss-reactive ketones (excluding diaryl/α,β-unsaturated/α-hetero) is 2. The Morgan fingerprint density at radius 1 is 0.891 bits per heavy atom. The van der Waals surface area contributed by atoms with Crippen LogP contribution in [0.2, 0.25) is 0 Å². The first-order chi connectivity index (χ1) is 26.3. The zero-order valence-electron chi connectivity index (χ0n) is 31.9. The number of benzene rings is 4. The molecule has 4 aromatic rings. The molecule has 4 aromatic carbocycles. The smallest absolute Gasteiger partial charge is 0.269 e. The van der Waals surface area contributed by atoms with E-state index in [9.17, 15) is 24.5 Å². The predicted octanol–water partition coefficient (Wildman–Crippen LogP) is 8.20. The maximum Gasteiger partial charge on any atom is 0.269 e. The molecule has 2 aliphatic rings. The van der Waals surface area contributed by atoms with Gasteiger partial charge in [0, 0.05) is 42.0 Å². The molecule has 1 saturated heterocycles. The molecule has 0 N–H and O–H groups in total. The van der Waals surface area contributed by atoms with Crippen LogP contribution in [0.5, 0.6) is 11.5 Å². The van der Waals surface area contributed by atoms with Crippen LogP contribution in [0.1, 0.15) is 65.5 Å². The number of hydrogen-bond donors (Lipinski definition) is 0. The molecule has 6 rings (SSSR count). The third-order valence-corrected chi connectivity index (χ3v) is 10.7. The van der Waals surface area contributed by atoms with E-state index < -0.39 is 10.7 Å². The molecule has 1 amide bonds. The summed E-state index contributed by atoms with van der Waals surface area (Å²) >= 11 is 0. The molecule has 0 saturated carbocycles. The number of carbonyl (C=O) groups is 3. The third kappa shape index (κ3) is 8.37. The van der Waals surface area contributed by atoms with Crippen molar-refractivity contribution in [2.45, 2.75) is 52.9 Å². The normalized spacial score (nSPS) is 17.9. The average molecular weight is 749 g/mol. The van der Waals surface area contributed by atoms with Gasteiger partial charge in [0.15, 0.2) is 23.1 Å². The lowest BCUT2D eigenvalue weighted by Crippen LogP contribution is -2.62. The van der Waals surface area contributed by atoms with Gasteiger partial charge in [-0.25, -0.2) is 4.39 Å². The molecule has 10 nitrogen and oxygen atoms in total. The molecule has 0 aliphatic carbocycles. The Labute approximate surface area is 320 Å². The van der Waals surface area contributed by atoms with E-state index in [-0.39, 0.29) is 89.2 Å². The lowest BCUT2D eigenvalue weighted by molar-refractivity contribution is -0.886. The summed E-state index contributed by atoms with van der Waals surface area (Å²) in [6.07, 6.45) is 0.512. The van der Waals surface area contributed by atoms with Crippen LogP contribution in [-0.4, -0.2) is 65.0 Å². The van der Waals surface area contributed by atoms with Crippen molar-refractivity contribution in [2.24, 2.45) is 17.8 Å². The molecule has 11 heteroatoms. The second kappa shape index (κ2) is 16.4. The highest BCUT2D eigenvalue weighted by molar-refractivity contribution is 6.13. The Morgan fingerprint density at radius 3 is 2.07 bits per heavy atom. The molecule has 0 bridgehead atoms. The fourth-order valence-electron chi connectivity index (χ4n) is 7.74. The number of rotatable bonds is 17. The van der Waals surface area contributed by atoms with Crippen LogP contribution in [0.3, 0.4) is 0 Å². The van der Waals surface area contributed by atoms with Gasteiger partial charge in [0.2, 0.25) is 11.7 Å². The highest BCUT2D eigenvalue weighted by Crippen LogP contribution is 2.49. The van der Waals surface area contributed by atoms with Gasteiger partial charge < -0.3 is 18.9 Å². The van der Waals surface area contributed by atoms with Crippen LogP contribution >= 0.6 is 0 Å². The second-order valence-corrected chi connectivity index (χ2v) is 15.4. The zero-order valence-corrected chi connectivity index (χ0v) is 31.9. The summed E-state index contributed by atoms with van der Waals surface area (Å²) in [6.45, 7) is 7.31. The second-order valence-electron chi connectivity index (χ2n) is 15.4. The van der Waals surface area contributed by atoms with Crippen LogP contribution in [0.15, 0.2) is 108 Å². The van der Waals surface area contributed by atoms with Crippen molar-refractivity contribution in [1.29, 1.82) is 0 Å². The van der Waals surface area contributed by atoms with E-state index in [2.05, 4.69) is 0 Å². The van der Waals surface area contributed by atoms with Crippen LogP contribution in [-0.2, 0) is 18.0 Å². The van der Waals surface area contributed by atoms with E-state index in [0.29, 0.717) is 29.7 Å². The maximum absolute atomic E-state index is 16.2. The van der Waals surface area contributed by atoms with E-state index in [1.54, 1.807) is 11.0 Å². The number of hydrogen-bond acceptors (Lipinski definition) is 7. The van der Waals surface area contributed by atoms with E-state index >= 15 is 4.39 Å². The summed E-state index contributed by atoms with van der Waals surface area (Å²) in [4.78, 5) is 53.4. The summed E-state index contributed by atoms with van der Waals surface area (Å²) in [5.74, 6) is -1.70. The molecule has 0 spiro atoms. The number of halogens is 1. The van der Waals surface area contributed by atoms with Crippen LogP contribution < -0.4 is 9.47 Å². The SMILES string of the molecule is CC(C)[C@H]1C(=O)N2C(C(=O)c3ccc([N+](=O)[O-])cc3)=C(C[N+](C)(C)CCCC(=O)c3ccc(OCc4ccccc4)c(OCc4ccccc4)c3F)[C@H](C)[C@H]12. The van der Waals surface area contributed by atoms with Crippen molar-refractivity contribution in [2.75, 3.05) is 27.2 Å². The Hall–Kier alpha value is -5.68. The van der Waals surface area contributed by atoms with Crippen molar-refractivity contribution in [3.8, 4) is 11.5 Å². The number of carbonyl (C=O) groups excluding carboxylic acids is 3. The lowest BCUT2D eigenvalue weighted by Gasteiger charge is -2.47. The molecule has 286 valence electrons. The number of β-lactam (4-membered cyclic amide) rings is 1. The third-order valence-electron chi connectivity index (χ3n) is 10.7. The van der Waals surface area contributed by atoms with Gasteiger partial charge in [-0.05, 0) is 41.3 Å². The van der Waals surface area contributed by atoms with E-state index in [0.717, 1.165) is 16.7 Å². The van der Waals surface area contributed by atoms with Crippen LogP contribution in [0.4, 0.5) is 10.1 Å². The summed E-state index contributed by atoms with van der Waals surface area (Å²) in [6, 6.07) is 27.2. The topological polar surface area (TPSA) is 116 Å². The minimum Gasteiger partial charge on any atom is -0.485 e. The van der Waals surface area contributed by atoms with Gasteiger partial charge in [-0.3, -0.25) is 24.5 Å². The standard InChI is InChI=1S/C44H47FN3O7/c1-28(2)38-40-29(3)35(41(46(40)44(38)51)42(50)32-18-20-33(21-19-32)47(52)53)25-48(4,5)24-12-17-36(49)34-22-23-37(54-26-30-13-8-6-9-14-30)43(39(34)45)55-27-31-15-10-7-11-16-31/h6-11,13-16,18-23,28-29,38,40H,12,17,24-27H2,1-5H3/q+1/t29-,38+,40+/m0/s1. The average Bonchev–Trinajstić information content (AvgIpc) is 3.40. The molecule has 0 unspecified atom stereocenters. The van der Waals surface area contributed by atoms with Gasteiger partial charge in [-0.1, -0.05) is 81.4 Å². The van der Waals surface area contributed by atoms with E-state index in [4.69, 9.17) is 9.47 Å². The summed E-state index contributed by atoms with van der Waals surface area (Å²) in [5.41, 5.74) is 3.00. The van der Waals surface area contributed by atoms with Crippen LogP contribution in [0, 0.1) is 33.7 Å². The monoisotopic (exact) mass is 748 g/mol. The highest BCUT2D eigenvalue weighted by Gasteiger charge is 2.59. The van der Waals surface area contributed by atoms with Crippen molar-refractivity contribution >= 4 is 23.2 Å². The number of nitro benzene ring substituents is 1. The number of fused-ring (bicyclic) bond motifs is 1. The van der Waals surface area contributed by atoms with E-state index in [1.165, 1.54) is 30.3 Å². The zero-order chi connectivity index (χ0) is 39.4. The Morgan fingerprint density at radius 2 is 1.49 bits per heavy atom. The molecule has 0 aromatic heterocycles. The Balaban J connectivity index is 1.18. The Bertz CT molecular complexity index is 2100. The minimum absolute atomic E-state index is 0.0762. The number of quaternary nitrogens is 1. The fraction of sp³-hybridized carbons (Fsp3) is 0.341. The number of amides is 1. The molecule has 3 atom stereocenters. The number of likely N-dealkylation sites (N-methyl/N-ethyl adjacent to an activating group) is 1. The molecule has 2 heterocycles. The summed E-state index contributed by atoms with van der Waals surface area (Å²) in [7, 11) is 4.01. The molecule has 2 aliphatic heterocycles. The van der Waals surface area contributed by atoms with Crippen molar-refractivity contribution in [3.05, 3.63) is 147 Å². The molecule has 1 fully saturated rings. The van der Waals surface area contributed by atoms with Crippen molar-refractivity contribution < 1.29 is 37.7 Å². The quantitative estimate of drug-likeness (QED) is 0.0352. The van der Waals surface area contributed by atoms with Crippen molar-refractivity contribution in [3.63, 3.8) is 0 Å². The fourth-order valence-corrected chi connectivity index (χ4v) is 7.74. The highest BCUT2D eigenvalue weighted by atomic mass is 19.1.